The average Bonchev–Trinajstić information content (AvgIpc) is 2.89. The van der Waals surface area contributed by atoms with Gasteiger partial charge in [-0.05, 0) is 38.0 Å². The maximum atomic E-state index is 12.8. The first-order valence-electron chi connectivity index (χ1n) is 7.47. The summed E-state index contributed by atoms with van der Waals surface area (Å²) in [4.78, 5) is 14.7. The van der Waals surface area contributed by atoms with Gasteiger partial charge in [0.05, 0.1) is 0 Å². The van der Waals surface area contributed by atoms with Crippen molar-refractivity contribution in [1.29, 1.82) is 0 Å². The van der Waals surface area contributed by atoms with Crippen molar-refractivity contribution in [3.8, 4) is 0 Å². The van der Waals surface area contributed by atoms with Crippen LogP contribution in [0.3, 0.4) is 0 Å². The molecule has 0 atom stereocenters. The number of carbonyl (C=O) groups is 1. The number of fused-ring (bicyclic) bond motifs is 1. The third-order valence-corrected chi connectivity index (χ3v) is 4.21. The van der Waals surface area contributed by atoms with Crippen molar-refractivity contribution in [2.45, 2.75) is 39.7 Å². The number of carbonyl (C=O) groups excluding carboxylic acids is 1. The summed E-state index contributed by atoms with van der Waals surface area (Å²) in [6.45, 7) is 6.96. The van der Waals surface area contributed by atoms with Crippen molar-refractivity contribution in [2.75, 3.05) is 11.9 Å². The second kappa shape index (κ2) is 7.12. The largest absolute Gasteiger partial charge is 0.451 e. The molecule has 114 valence electrons. The molecule has 0 N–H and O–H groups in total. The average molecular weight is 352 g/mol. The standard InChI is InChI=1S/C17H22BrNO2/c1-4-14(5-2)19(9-8-18)17(20)16-11-13-10-12(3)6-7-15(13)21-16/h6-7,10-11,14H,4-5,8-9H2,1-3H3. The molecule has 0 aliphatic rings. The van der Waals surface area contributed by atoms with Crippen molar-refractivity contribution < 1.29 is 9.21 Å². The van der Waals surface area contributed by atoms with Crippen molar-refractivity contribution in [3.63, 3.8) is 0 Å². The highest BCUT2D eigenvalue weighted by molar-refractivity contribution is 9.09. The normalized spacial score (nSPS) is 11.3. The first-order valence-corrected chi connectivity index (χ1v) is 8.60. The van der Waals surface area contributed by atoms with E-state index in [1.807, 2.05) is 36.1 Å². The molecule has 3 nitrogen and oxygen atoms in total. The van der Waals surface area contributed by atoms with Gasteiger partial charge in [-0.2, -0.15) is 0 Å². The second-order valence-electron chi connectivity index (χ2n) is 5.31. The number of benzene rings is 1. The molecule has 2 aromatic rings. The van der Waals surface area contributed by atoms with Crippen molar-refractivity contribution in [2.24, 2.45) is 0 Å². The molecule has 0 bridgehead atoms. The van der Waals surface area contributed by atoms with Crippen LogP contribution in [0.4, 0.5) is 0 Å². The first kappa shape index (κ1) is 16.1. The number of alkyl halides is 1. The Balaban J connectivity index is 2.33. The van der Waals surface area contributed by atoms with Crippen LogP contribution in [0.25, 0.3) is 11.0 Å². The molecule has 1 amide bonds. The smallest absolute Gasteiger partial charge is 0.289 e. The molecule has 0 aliphatic carbocycles. The Morgan fingerprint density at radius 3 is 2.62 bits per heavy atom. The van der Waals surface area contributed by atoms with Crippen LogP contribution in [-0.2, 0) is 0 Å². The van der Waals surface area contributed by atoms with Gasteiger partial charge < -0.3 is 9.32 Å². The lowest BCUT2D eigenvalue weighted by atomic mass is 10.1. The van der Waals surface area contributed by atoms with E-state index in [1.54, 1.807) is 0 Å². The van der Waals surface area contributed by atoms with Gasteiger partial charge in [-0.15, -0.1) is 0 Å². The van der Waals surface area contributed by atoms with Crippen LogP contribution >= 0.6 is 15.9 Å². The Bertz CT molecular complexity index is 616. The maximum absolute atomic E-state index is 12.8. The van der Waals surface area contributed by atoms with Crippen LogP contribution in [-0.4, -0.2) is 28.7 Å². The fraction of sp³-hybridized carbons (Fsp3) is 0.471. The molecule has 1 aromatic carbocycles. The predicted octanol–water partition coefficient (Wildman–Crippen LogP) is 4.77. The van der Waals surface area contributed by atoms with Crippen LogP contribution in [0.15, 0.2) is 28.7 Å². The summed E-state index contributed by atoms with van der Waals surface area (Å²) in [7, 11) is 0. The molecule has 0 radical (unpaired) electrons. The fourth-order valence-corrected chi connectivity index (χ4v) is 3.06. The number of aryl methyl sites for hydroxylation is 1. The summed E-state index contributed by atoms with van der Waals surface area (Å²) in [5.74, 6) is 0.417. The van der Waals surface area contributed by atoms with Gasteiger partial charge in [0, 0.05) is 23.3 Å². The topological polar surface area (TPSA) is 33.5 Å². The van der Waals surface area contributed by atoms with Gasteiger partial charge in [0.1, 0.15) is 5.58 Å². The van der Waals surface area contributed by atoms with E-state index in [4.69, 9.17) is 4.42 Å². The number of hydrogen-bond donors (Lipinski definition) is 0. The Morgan fingerprint density at radius 1 is 1.29 bits per heavy atom. The van der Waals surface area contributed by atoms with Crippen LogP contribution in [0.2, 0.25) is 0 Å². The monoisotopic (exact) mass is 351 g/mol. The highest BCUT2D eigenvalue weighted by Crippen LogP contribution is 2.23. The van der Waals surface area contributed by atoms with Crippen molar-refractivity contribution >= 4 is 32.8 Å². The van der Waals surface area contributed by atoms with E-state index in [0.717, 1.165) is 29.1 Å². The van der Waals surface area contributed by atoms with Gasteiger partial charge in [0.2, 0.25) is 0 Å². The summed E-state index contributed by atoms with van der Waals surface area (Å²) in [5, 5.41) is 1.76. The summed E-state index contributed by atoms with van der Waals surface area (Å²) >= 11 is 3.44. The number of nitrogens with zero attached hydrogens (tertiary/aromatic N) is 1. The van der Waals surface area contributed by atoms with Gasteiger partial charge in [-0.3, -0.25) is 4.79 Å². The second-order valence-corrected chi connectivity index (χ2v) is 6.10. The minimum absolute atomic E-state index is 0.0167. The SMILES string of the molecule is CCC(CC)N(CCBr)C(=O)c1cc2cc(C)ccc2o1. The van der Waals surface area contributed by atoms with E-state index in [1.165, 1.54) is 5.56 Å². The Kier molecular flexibility index (Phi) is 5.45. The molecule has 21 heavy (non-hydrogen) atoms. The molecule has 4 heteroatoms. The summed E-state index contributed by atoms with van der Waals surface area (Å²) in [5.41, 5.74) is 1.94. The van der Waals surface area contributed by atoms with Gasteiger partial charge in [-0.25, -0.2) is 0 Å². The van der Waals surface area contributed by atoms with E-state index < -0.39 is 0 Å². The van der Waals surface area contributed by atoms with Gasteiger partial charge in [-0.1, -0.05) is 41.4 Å². The first-order chi connectivity index (χ1) is 10.1. The van der Waals surface area contributed by atoms with E-state index in [-0.39, 0.29) is 11.9 Å². The Morgan fingerprint density at radius 2 is 2.00 bits per heavy atom. The fourth-order valence-electron chi connectivity index (χ4n) is 2.68. The molecular weight excluding hydrogens is 330 g/mol. The van der Waals surface area contributed by atoms with E-state index in [2.05, 4.69) is 29.8 Å². The molecular formula is C17H22BrNO2. The number of furan rings is 1. The molecule has 1 aromatic heterocycles. The minimum Gasteiger partial charge on any atom is -0.451 e. The quantitative estimate of drug-likeness (QED) is 0.702. The highest BCUT2D eigenvalue weighted by atomic mass is 79.9. The zero-order valence-electron chi connectivity index (χ0n) is 12.9. The molecule has 0 saturated carbocycles. The van der Waals surface area contributed by atoms with Crippen LogP contribution in [0.1, 0.15) is 42.8 Å². The van der Waals surface area contributed by atoms with Crippen molar-refractivity contribution in [1.82, 2.24) is 4.90 Å². The maximum Gasteiger partial charge on any atom is 0.289 e. The van der Waals surface area contributed by atoms with Crippen LogP contribution in [0.5, 0.6) is 0 Å². The third kappa shape index (κ3) is 3.49. The molecule has 1 heterocycles. The van der Waals surface area contributed by atoms with Gasteiger partial charge >= 0.3 is 0 Å². The summed E-state index contributed by atoms with van der Waals surface area (Å²) in [6.07, 6.45) is 1.91. The minimum atomic E-state index is -0.0167. The van der Waals surface area contributed by atoms with Crippen LogP contribution in [0, 0.1) is 6.92 Å². The Hall–Kier alpha value is -1.29. The molecule has 0 unspecified atom stereocenters. The zero-order valence-corrected chi connectivity index (χ0v) is 14.4. The molecule has 0 aliphatic heterocycles. The lowest BCUT2D eigenvalue weighted by Crippen LogP contribution is -2.40. The zero-order chi connectivity index (χ0) is 15.4. The third-order valence-electron chi connectivity index (χ3n) is 3.85. The number of hydrogen-bond acceptors (Lipinski definition) is 2. The summed E-state index contributed by atoms with van der Waals surface area (Å²) in [6, 6.07) is 8.07. The van der Waals surface area contributed by atoms with E-state index in [9.17, 15) is 4.79 Å². The highest BCUT2D eigenvalue weighted by Gasteiger charge is 2.24. The molecule has 0 spiro atoms. The van der Waals surface area contributed by atoms with Gasteiger partial charge in [0.15, 0.2) is 5.76 Å². The predicted molar refractivity (Wildman–Crippen MR) is 90.2 cm³/mol. The number of amides is 1. The lowest BCUT2D eigenvalue weighted by molar-refractivity contribution is 0.0652. The van der Waals surface area contributed by atoms with E-state index >= 15 is 0 Å². The molecule has 2 rings (SSSR count). The molecule has 0 saturated heterocycles. The van der Waals surface area contributed by atoms with Gasteiger partial charge in [0.25, 0.3) is 5.91 Å². The summed E-state index contributed by atoms with van der Waals surface area (Å²) < 4.78 is 5.74. The van der Waals surface area contributed by atoms with Crippen LogP contribution < -0.4 is 0 Å². The van der Waals surface area contributed by atoms with E-state index in [0.29, 0.717) is 12.3 Å². The number of rotatable bonds is 6. The molecule has 0 fully saturated rings. The number of halogens is 1. The van der Waals surface area contributed by atoms with Crippen molar-refractivity contribution in [3.05, 3.63) is 35.6 Å². The Labute approximate surface area is 134 Å². The lowest BCUT2D eigenvalue weighted by Gasteiger charge is -2.29.